The predicted molar refractivity (Wildman–Crippen MR) is 91.8 cm³/mol. The van der Waals surface area contributed by atoms with E-state index in [1.807, 2.05) is 4.90 Å². The molecule has 2 amide bonds. The molecule has 2 aliphatic heterocycles. The number of carbonyl (C=O) groups is 2. The van der Waals surface area contributed by atoms with Crippen molar-refractivity contribution in [2.75, 3.05) is 19.6 Å². The zero-order valence-electron chi connectivity index (χ0n) is 14.8. The van der Waals surface area contributed by atoms with Gasteiger partial charge in [0, 0.05) is 37.5 Å². The monoisotopic (exact) mass is 348 g/mol. The number of nitrogens with zero attached hydrogens (tertiary/aromatic N) is 2. The van der Waals surface area contributed by atoms with E-state index in [0.29, 0.717) is 38.0 Å². The quantitative estimate of drug-likeness (QED) is 0.837. The van der Waals surface area contributed by atoms with Gasteiger partial charge in [-0.15, -0.1) is 0 Å². The highest BCUT2D eigenvalue weighted by atomic mass is 19.1. The van der Waals surface area contributed by atoms with Crippen molar-refractivity contribution in [1.29, 1.82) is 0 Å². The zero-order valence-corrected chi connectivity index (χ0v) is 14.8. The average Bonchev–Trinajstić information content (AvgIpc) is 2.92. The Morgan fingerprint density at radius 2 is 1.92 bits per heavy atom. The lowest BCUT2D eigenvalue weighted by Gasteiger charge is -2.37. The van der Waals surface area contributed by atoms with Gasteiger partial charge in [-0.3, -0.25) is 4.79 Å². The van der Waals surface area contributed by atoms with Gasteiger partial charge in [0.1, 0.15) is 11.4 Å². The van der Waals surface area contributed by atoms with Crippen molar-refractivity contribution in [2.45, 2.75) is 51.2 Å². The Kier molecular flexibility index (Phi) is 4.97. The molecule has 6 heteroatoms. The minimum absolute atomic E-state index is 0.101. The lowest BCUT2D eigenvalue weighted by Crippen LogP contribution is -2.49. The molecule has 0 aromatic heterocycles. The number of amides is 2. The fraction of sp³-hybridized carbons (Fsp3) is 0.579. The van der Waals surface area contributed by atoms with E-state index in [2.05, 4.69) is 13.8 Å². The third-order valence-electron chi connectivity index (χ3n) is 5.29. The average molecular weight is 348 g/mol. The molecule has 0 radical (unpaired) electrons. The van der Waals surface area contributed by atoms with Crippen LogP contribution in [0.25, 0.3) is 0 Å². The molecule has 2 heterocycles. The van der Waals surface area contributed by atoms with Crippen molar-refractivity contribution in [1.82, 2.24) is 9.80 Å². The summed E-state index contributed by atoms with van der Waals surface area (Å²) < 4.78 is 18.7. The van der Waals surface area contributed by atoms with Gasteiger partial charge in [0.05, 0.1) is 6.54 Å². The van der Waals surface area contributed by atoms with E-state index in [-0.39, 0.29) is 23.9 Å². The molecule has 2 saturated heterocycles. The first-order chi connectivity index (χ1) is 11.9. The number of halogens is 1. The van der Waals surface area contributed by atoms with Crippen LogP contribution in [0.3, 0.4) is 0 Å². The highest BCUT2D eigenvalue weighted by Gasteiger charge is 2.48. The number of carbonyl (C=O) groups excluding carboxylic acids is 2. The summed E-state index contributed by atoms with van der Waals surface area (Å²) in [6.07, 6.45) is 3.03. The van der Waals surface area contributed by atoms with Gasteiger partial charge in [0.15, 0.2) is 0 Å². The van der Waals surface area contributed by atoms with Crippen LogP contribution in [-0.4, -0.2) is 53.1 Å². The van der Waals surface area contributed by atoms with Crippen molar-refractivity contribution in [2.24, 2.45) is 0 Å². The summed E-state index contributed by atoms with van der Waals surface area (Å²) in [5.41, 5.74) is 0.0116. The minimum atomic E-state index is -0.474. The molecule has 1 spiro atoms. The summed E-state index contributed by atoms with van der Waals surface area (Å²) in [5.74, 6) is -0.455. The summed E-state index contributed by atoms with van der Waals surface area (Å²) >= 11 is 0. The second kappa shape index (κ2) is 7.02. The van der Waals surface area contributed by atoms with Gasteiger partial charge in [0.25, 0.3) is 5.91 Å². The van der Waals surface area contributed by atoms with Crippen LogP contribution in [0.4, 0.5) is 9.18 Å². The van der Waals surface area contributed by atoms with Gasteiger partial charge >= 0.3 is 6.09 Å². The molecule has 0 bridgehead atoms. The van der Waals surface area contributed by atoms with Crippen LogP contribution < -0.4 is 0 Å². The highest BCUT2D eigenvalue weighted by molar-refractivity contribution is 5.94. The van der Waals surface area contributed by atoms with Gasteiger partial charge in [-0.05, 0) is 37.6 Å². The van der Waals surface area contributed by atoms with Gasteiger partial charge in [-0.2, -0.15) is 0 Å². The first kappa shape index (κ1) is 17.7. The predicted octanol–water partition coefficient (Wildman–Crippen LogP) is 3.44. The Hall–Kier alpha value is -2.11. The second-order valence-corrected chi connectivity index (χ2v) is 7.12. The standard InChI is InChI=1S/C19H25FN2O3/c1-3-4-14(2)22-13-19(25-18(22)24)9-11-21(12-10-19)17(23)15-5-7-16(20)8-6-15/h5-8,14H,3-4,9-13H2,1-2H3/t14-/m1/s1. The van der Waals surface area contributed by atoms with Gasteiger partial charge < -0.3 is 14.5 Å². The maximum Gasteiger partial charge on any atom is 0.410 e. The first-order valence-corrected chi connectivity index (χ1v) is 8.98. The Morgan fingerprint density at radius 3 is 2.52 bits per heavy atom. The van der Waals surface area contributed by atoms with Gasteiger partial charge in [0.2, 0.25) is 0 Å². The second-order valence-electron chi connectivity index (χ2n) is 7.12. The number of hydrogen-bond acceptors (Lipinski definition) is 3. The van der Waals surface area contributed by atoms with E-state index in [0.717, 1.165) is 12.8 Å². The van der Waals surface area contributed by atoms with Crippen LogP contribution in [0, 0.1) is 5.82 Å². The Morgan fingerprint density at radius 1 is 1.28 bits per heavy atom. The summed E-state index contributed by atoms with van der Waals surface area (Å²) in [7, 11) is 0. The molecule has 0 unspecified atom stereocenters. The third kappa shape index (κ3) is 3.62. The molecule has 1 aromatic rings. The molecule has 0 aliphatic carbocycles. The van der Waals surface area contributed by atoms with Crippen LogP contribution in [0.5, 0.6) is 0 Å². The largest absolute Gasteiger partial charge is 0.441 e. The molecule has 2 aliphatic rings. The fourth-order valence-electron chi connectivity index (χ4n) is 3.71. The van der Waals surface area contributed by atoms with E-state index < -0.39 is 5.60 Å². The molecule has 0 N–H and O–H groups in total. The molecule has 2 fully saturated rings. The third-order valence-corrected chi connectivity index (χ3v) is 5.29. The fourth-order valence-corrected chi connectivity index (χ4v) is 3.71. The number of benzene rings is 1. The summed E-state index contributed by atoms with van der Waals surface area (Å²) in [5, 5.41) is 0. The highest BCUT2D eigenvalue weighted by Crippen LogP contribution is 2.35. The maximum atomic E-state index is 13.0. The van der Waals surface area contributed by atoms with Crippen molar-refractivity contribution >= 4 is 12.0 Å². The molecule has 25 heavy (non-hydrogen) atoms. The van der Waals surface area contributed by atoms with Crippen LogP contribution in [-0.2, 0) is 4.74 Å². The van der Waals surface area contributed by atoms with Crippen molar-refractivity contribution in [3.8, 4) is 0 Å². The van der Waals surface area contributed by atoms with E-state index in [1.54, 1.807) is 4.90 Å². The molecule has 0 saturated carbocycles. The van der Waals surface area contributed by atoms with E-state index >= 15 is 0 Å². The number of ether oxygens (including phenoxy) is 1. The Labute approximate surface area is 147 Å². The summed E-state index contributed by atoms with van der Waals surface area (Å²) in [4.78, 5) is 28.3. The van der Waals surface area contributed by atoms with Crippen LogP contribution in [0.2, 0.25) is 0 Å². The van der Waals surface area contributed by atoms with E-state index in [9.17, 15) is 14.0 Å². The normalized spacial score (nSPS) is 20.7. The maximum absolute atomic E-state index is 13.0. The van der Waals surface area contributed by atoms with Crippen LogP contribution in [0.1, 0.15) is 49.9 Å². The Balaban J connectivity index is 1.61. The van der Waals surface area contributed by atoms with Crippen LogP contribution in [0.15, 0.2) is 24.3 Å². The molecule has 3 rings (SSSR count). The zero-order chi connectivity index (χ0) is 18.0. The molecule has 5 nitrogen and oxygen atoms in total. The van der Waals surface area contributed by atoms with Crippen molar-refractivity contribution in [3.05, 3.63) is 35.6 Å². The van der Waals surface area contributed by atoms with Crippen molar-refractivity contribution in [3.63, 3.8) is 0 Å². The van der Waals surface area contributed by atoms with Crippen LogP contribution >= 0.6 is 0 Å². The smallest absolute Gasteiger partial charge is 0.410 e. The number of piperidine rings is 1. The van der Waals surface area contributed by atoms with E-state index in [4.69, 9.17) is 4.74 Å². The minimum Gasteiger partial charge on any atom is -0.441 e. The van der Waals surface area contributed by atoms with Gasteiger partial charge in [-0.25, -0.2) is 9.18 Å². The number of likely N-dealkylation sites (tertiary alicyclic amines) is 1. The first-order valence-electron chi connectivity index (χ1n) is 8.98. The number of rotatable bonds is 4. The SMILES string of the molecule is CCC[C@@H](C)N1CC2(CCN(C(=O)c3ccc(F)cc3)CC2)OC1=O. The topological polar surface area (TPSA) is 49.9 Å². The molecular weight excluding hydrogens is 323 g/mol. The number of hydrogen-bond donors (Lipinski definition) is 0. The van der Waals surface area contributed by atoms with E-state index in [1.165, 1.54) is 24.3 Å². The molecule has 136 valence electrons. The molecule has 1 aromatic carbocycles. The van der Waals surface area contributed by atoms with Gasteiger partial charge in [-0.1, -0.05) is 13.3 Å². The molecular formula is C19H25FN2O3. The summed E-state index contributed by atoms with van der Waals surface area (Å²) in [6.45, 7) is 5.84. The Bertz CT molecular complexity index is 639. The lowest BCUT2D eigenvalue weighted by atomic mass is 9.90. The lowest BCUT2D eigenvalue weighted by molar-refractivity contribution is 0.00307. The molecule has 1 atom stereocenters. The van der Waals surface area contributed by atoms with Crippen molar-refractivity contribution < 1.29 is 18.7 Å². The summed E-state index contributed by atoms with van der Waals surface area (Å²) in [6, 6.07) is 5.78.